The van der Waals surface area contributed by atoms with Gasteiger partial charge in [0, 0.05) is 19.7 Å². The minimum absolute atomic E-state index is 0.0830. The molecule has 7 nitrogen and oxygen atoms in total. The molecule has 0 fully saturated rings. The summed E-state index contributed by atoms with van der Waals surface area (Å²) in [4.78, 5) is 0.0830. The van der Waals surface area contributed by atoms with Crippen LogP contribution in [0.5, 0.6) is 0 Å². The van der Waals surface area contributed by atoms with Crippen LogP contribution in [-0.4, -0.2) is 48.9 Å². The molecule has 20 heavy (non-hydrogen) atoms. The van der Waals surface area contributed by atoms with Gasteiger partial charge in [-0.25, -0.2) is 13.1 Å². The van der Waals surface area contributed by atoms with Gasteiger partial charge < -0.3 is 19.2 Å². The zero-order chi connectivity index (χ0) is 15.0. The lowest BCUT2D eigenvalue weighted by Gasteiger charge is -2.06. The van der Waals surface area contributed by atoms with Gasteiger partial charge >= 0.3 is 0 Å². The molecule has 0 spiro atoms. The van der Waals surface area contributed by atoms with E-state index in [9.17, 15) is 8.42 Å². The Balaban J connectivity index is 2.51. The van der Waals surface area contributed by atoms with Crippen LogP contribution in [0.3, 0.4) is 0 Å². The van der Waals surface area contributed by atoms with E-state index in [-0.39, 0.29) is 22.7 Å². The number of furan rings is 1. The van der Waals surface area contributed by atoms with E-state index >= 15 is 0 Å². The highest BCUT2D eigenvalue weighted by atomic mass is 79.9. The van der Waals surface area contributed by atoms with Crippen LogP contribution in [-0.2, 0) is 26.0 Å². The van der Waals surface area contributed by atoms with Crippen molar-refractivity contribution in [3.63, 3.8) is 0 Å². The molecule has 0 aliphatic heterocycles. The van der Waals surface area contributed by atoms with Crippen molar-refractivity contribution in [3.8, 4) is 0 Å². The maximum absolute atomic E-state index is 12.1. The Bertz CT molecular complexity index is 503. The predicted octanol–water partition coefficient (Wildman–Crippen LogP) is 0.703. The molecule has 0 radical (unpaired) electrons. The summed E-state index contributed by atoms with van der Waals surface area (Å²) in [6, 6.07) is 1.48. The van der Waals surface area contributed by atoms with Gasteiger partial charge in [-0.1, -0.05) is 0 Å². The summed E-state index contributed by atoms with van der Waals surface area (Å²) in [7, 11) is -0.286. The SMILES string of the molecule is CNCc1cc(S(=O)(=O)NCCOCCOC)c(Br)o1. The summed E-state index contributed by atoms with van der Waals surface area (Å²) in [6.07, 6.45) is 0. The quantitative estimate of drug-likeness (QED) is 0.589. The first-order valence-corrected chi connectivity index (χ1v) is 8.28. The number of hydrogen-bond acceptors (Lipinski definition) is 6. The van der Waals surface area contributed by atoms with Gasteiger partial charge in [0.15, 0.2) is 4.67 Å². The second kappa shape index (κ2) is 8.75. The molecule has 0 saturated heterocycles. The number of rotatable bonds is 10. The molecule has 0 aromatic carbocycles. The molecule has 0 bridgehead atoms. The summed E-state index contributed by atoms with van der Waals surface area (Å²) >= 11 is 3.10. The Morgan fingerprint density at radius 1 is 1.35 bits per heavy atom. The first kappa shape index (κ1) is 17.6. The molecule has 0 amide bonds. The van der Waals surface area contributed by atoms with Crippen molar-refractivity contribution in [1.82, 2.24) is 10.0 Å². The molecule has 2 N–H and O–H groups in total. The lowest BCUT2D eigenvalue weighted by atomic mass is 10.4. The van der Waals surface area contributed by atoms with Gasteiger partial charge in [0.1, 0.15) is 10.7 Å². The summed E-state index contributed by atoms with van der Waals surface area (Å²) in [5.41, 5.74) is 0. The number of methoxy groups -OCH3 is 1. The Morgan fingerprint density at radius 3 is 2.75 bits per heavy atom. The number of sulfonamides is 1. The number of ether oxygens (including phenoxy) is 2. The van der Waals surface area contributed by atoms with E-state index in [0.717, 1.165) is 0 Å². The van der Waals surface area contributed by atoms with Crippen LogP contribution in [0.25, 0.3) is 0 Å². The van der Waals surface area contributed by atoms with Crippen LogP contribution in [0.15, 0.2) is 20.0 Å². The lowest BCUT2D eigenvalue weighted by molar-refractivity contribution is 0.0736. The fourth-order valence-corrected chi connectivity index (χ4v) is 3.42. The molecule has 116 valence electrons. The van der Waals surface area contributed by atoms with Crippen molar-refractivity contribution in [1.29, 1.82) is 0 Å². The standard InChI is InChI=1S/C11H19BrN2O5S/c1-13-8-9-7-10(11(12)19-9)20(15,16)14-3-4-18-6-5-17-2/h7,13-14H,3-6,8H2,1-2H3. The first-order chi connectivity index (χ1) is 9.51. The van der Waals surface area contributed by atoms with Crippen molar-refractivity contribution < 1.29 is 22.3 Å². The van der Waals surface area contributed by atoms with Gasteiger partial charge in [-0.15, -0.1) is 0 Å². The number of hydrogen-bond donors (Lipinski definition) is 2. The van der Waals surface area contributed by atoms with Crippen molar-refractivity contribution in [2.75, 3.05) is 40.5 Å². The van der Waals surface area contributed by atoms with Crippen LogP contribution in [0.1, 0.15) is 5.76 Å². The lowest BCUT2D eigenvalue weighted by Crippen LogP contribution is -2.27. The highest BCUT2D eigenvalue weighted by Gasteiger charge is 2.21. The van der Waals surface area contributed by atoms with Crippen LogP contribution in [0, 0.1) is 0 Å². The summed E-state index contributed by atoms with van der Waals surface area (Å²) < 4.78 is 42.0. The van der Waals surface area contributed by atoms with E-state index in [2.05, 4.69) is 26.0 Å². The molecule has 1 rings (SSSR count). The fourth-order valence-electron chi connectivity index (χ4n) is 1.41. The number of nitrogens with one attached hydrogen (secondary N) is 2. The van der Waals surface area contributed by atoms with E-state index in [1.807, 2.05) is 0 Å². The third kappa shape index (κ3) is 5.51. The summed E-state index contributed by atoms with van der Waals surface area (Å²) in [6.45, 7) is 1.83. The maximum atomic E-state index is 12.1. The monoisotopic (exact) mass is 370 g/mol. The van der Waals surface area contributed by atoms with Crippen molar-refractivity contribution >= 4 is 26.0 Å². The van der Waals surface area contributed by atoms with Gasteiger partial charge in [-0.3, -0.25) is 0 Å². The fraction of sp³-hybridized carbons (Fsp3) is 0.636. The molecule has 0 atom stereocenters. The molecule has 1 aromatic heterocycles. The highest BCUT2D eigenvalue weighted by molar-refractivity contribution is 9.10. The van der Waals surface area contributed by atoms with E-state index in [1.165, 1.54) is 6.07 Å². The van der Waals surface area contributed by atoms with Gasteiger partial charge in [0.25, 0.3) is 0 Å². The van der Waals surface area contributed by atoms with E-state index in [1.54, 1.807) is 14.2 Å². The number of halogens is 1. The Hall–Kier alpha value is -0.450. The molecule has 0 aliphatic rings. The Kier molecular flexibility index (Phi) is 7.70. The summed E-state index contributed by atoms with van der Waals surface area (Å²) in [5.74, 6) is 0.538. The zero-order valence-electron chi connectivity index (χ0n) is 11.4. The van der Waals surface area contributed by atoms with Crippen molar-refractivity contribution in [2.24, 2.45) is 0 Å². The molecule has 0 aliphatic carbocycles. The van der Waals surface area contributed by atoms with Gasteiger partial charge in [0.05, 0.1) is 26.4 Å². The maximum Gasteiger partial charge on any atom is 0.245 e. The Morgan fingerprint density at radius 2 is 2.10 bits per heavy atom. The normalized spacial score (nSPS) is 11.9. The third-order valence-electron chi connectivity index (χ3n) is 2.32. The minimum atomic E-state index is -3.61. The van der Waals surface area contributed by atoms with Gasteiger partial charge in [-0.05, 0) is 23.0 Å². The predicted molar refractivity (Wildman–Crippen MR) is 77.1 cm³/mol. The van der Waals surface area contributed by atoms with E-state index in [4.69, 9.17) is 13.9 Å². The second-order valence-corrected chi connectivity index (χ2v) is 6.34. The van der Waals surface area contributed by atoms with Gasteiger partial charge in [-0.2, -0.15) is 0 Å². The highest BCUT2D eigenvalue weighted by Crippen LogP contribution is 2.25. The van der Waals surface area contributed by atoms with Crippen LogP contribution in [0.4, 0.5) is 0 Å². The third-order valence-corrected chi connectivity index (χ3v) is 4.64. The molecule has 0 unspecified atom stereocenters. The second-order valence-electron chi connectivity index (χ2n) is 3.88. The van der Waals surface area contributed by atoms with Crippen LogP contribution < -0.4 is 10.0 Å². The van der Waals surface area contributed by atoms with Crippen molar-refractivity contribution in [3.05, 3.63) is 16.5 Å². The molecular formula is C11H19BrN2O5S. The van der Waals surface area contributed by atoms with Crippen LogP contribution >= 0.6 is 15.9 Å². The molecule has 1 heterocycles. The summed E-state index contributed by atoms with van der Waals surface area (Å²) in [5, 5.41) is 2.89. The smallest absolute Gasteiger partial charge is 0.245 e. The first-order valence-electron chi connectivity index (χ1n) is 6.00. The molecule has 0 saturated carbocycles. The van der Waals surface area contributed by atoms with E-state index < -0.39 is 10.0 Å². The largest absolute Gasteiger partial charge is 0.452 e. The average Bonchev–Trinajstić information content (AvgIpc) is 2.76. The van der Waals surface area contributed by atoms with Crippen molar-refractivity contribution in [2.45, 2.75) is 11.4 Å². The van der Waals surface area contributed by atoms with Crippen LogP contribution in [0.2, 0.25) is 0 Å². The minimum Gasteiger partial charge on any atom is -0.452 e. The topological polar surface area (TPSA) is 89.8 Å². The van der Waals surface area contributed by atoms with E-state index in [0.29, 0.717) is 25.5 Å². The molecular weight excluding hydrogens is 352 g/mol. The molecule has 9 heteroatoms. The Labute approximate surface area is 127 Å². The molecule has 1 aromatic rings. The zero-order valence-corrected chi connectivity index (χ0v) is 13.8. The van der Waals surface area contributed by atoms with Gasteiger partial charge in [0.2, 0.25) is 10.0 Å². The average molecular weight is 371 g/mol.